The van der Waals surface area contributed by atoms with Gasteiger partial charge in [-0.15, -0.1) is 0 Å². The van der Waals surface area contributed by atoms with E-state index in [9.17, 15) is 43.2 Å². The number of esters is 4. The smallest absolute Gasteiger partial charge is 0.462 e. The van der Waals surface area contributed by atoms with Crippen molar-refractivity contribution < 1.29 is 80.2 Å². The van der Waals surface area contributed by atoms with Gasteiger partial charge in [0.2, 0.25) is 0 Å². The summed E-state index contributed by atoms with van der Waals surface area (Å²) >= 11 is 0. The molecule has 0 spiro atoms. The van der Waals surface area contributed by atoms with Gasteiger partial charge >= 0.3 is 39.5 Å². The summed E-state index contributed by atoms with van der Waals surface area (Å²) in [6.45, 7) is 7.32. The number of unbranched alkanes of at least 4 members (excludes halogenated alkanes) is 54. The van der Waals surface area contributed by atoms with E-state index in [4.69, 9.17) is 37.0 Å². The number of ether oxygens (including phenoxy) is 4. The topological polar surface area (TPSA) is 237 Å². The lowest BCUT2D eigenvalue weighted by Crippen LogP contribution is -2.30. The van der Waals surface area contributed by atoms with Crippen LogP contribution in [0.5, 0.6) is 0 Å². The highest BCUT2D eigenvalue weighted by Gasteiger charge is 2.30. The number of aliphatic hydroxyl groups excluding tert-OH is 1. The second-order valence-electron chi connectivity index (χ2n) is 30.0. The van der Waals surface area contributed by atoms with Crippen molar-refractivity contribution in [3.05, 3.63) is 0 Å². The first kappa shape index (κ1) is 99.1. The van der Waals surface area contributed by atoms with Crippen LogP contribution in [0, 0.1) is 5.92 Å². The van der Waals surface area contributed by atoms with E-state index in [1.54, 1.807) is 0 Å². The highest BCUT2D eigenvalue weighted by Crippen LogP contribution is 2.45. The number of phosphoric acid groups is 2. The molecule has 0 aliphatic rings. The van der Waals surface area contributed by atoms with Crippen LogP contribution in [0.4, 0.5) is 0 Å². The van der Waals surface area contributed by atoms with Gasteiger partial charge in [-0.05, 0) is 31.6 Å². The van der Waals surface area contributed by atoms with Gasteiger partial charge in [-0.2, -0.15) is 0 Å². The van der Waals surface area contributed by atoms with E-state index in [0.29, 0.717) is 25.7 Å². The third kappa shape index (κ3) is 76.1. The molecular formula is C82H160O17P2. The molecule has 3 N–H and O–H groups in total. The van der Waals surface area contributed by atoms with Crippen LogP contribution in [-0.4, -0.2) is 96.7 Å². The summed E-state index contributed by atoms with van der Waals surface area (Å²) in [6, 6.07) is 0. The Bertz CT molecular complexity index is 1930. The quantitative estimate of drug-likeness (QED) is 0.0222. The lowest BCUT2D eigenvalue weighted by molar-refractivity contribution is -0.161. The zero-order valence-corrected chi connectivity index (χ0v) is 67.8. The van der Waals surface area contributed by atoms with E-state index < -0.39 is 97.5 Å². The molecule has 0 aromatic heterocycles. The molecule has 101 heavy (non-hydrogen) atoms. The summed E-state index contributed by atoms with van der Waals surface area (Å²) in [5.74, 6) is -1.30. The molecule has 2 unspecified atom stereocenters. The maximum Gasteiger partial charge on any atom is 0.472 e. The zero-order valence-electron chi connectivity index (χ0n) is 66.1. The number of carbonyl (C=O) groups is 4. The van der Waals surface area contributed by atoms with Crippen molar-refractivity contribution in [1.82, 2.24) is 0 Å². The molecular weight excluding hydrogens is 1320 g/mol. The predicted octanol–water partition coefficient (Wildman–Crippen LogP) is 24.8. The van der Waals surface area contributed by atoms with Gasteiger partial charge in [-0.3, -0.25) is 37.3 Å². The van der Waals surface area contributed by atoms with Gasteiger partial charge in [-0.1, -0.05) is 388 Å². The van der Waals surface area contributed by atoms with Crippen LogP contribution < -0.4 is 0 Å². The number of carbonyl (C=O) groups excluding carboxylic acids is 4. The summed E-state index contributed by atoms with van der Waals surface area (Å²) < 4.78 is 68.6. The average molecular weight is 1480 g/mol. The van der Waals surface area contributed by atoms with Crippen molar-refractivity contribution in [2.75, 3.05) is 39.6 Å². The van der Waals surface area contributed by atoms with Crippen LogP contribution >= 0.6 is 15.6 Å². The number of hydrogen-bond acceptors (Lipinski definition) is 15. The molecule has 0 aliphatic heterocycles. The number of aliphatic hydroxyl groups is 1. The molecule has 19 heteroatoms. The maximum absolute atomic E-state index is 13.1. The first-order chi connectivity index (χ1) is 49.0. The SMILES string of the molecule is CCCCCCCCCCCCCCCCCCCCCCCC(=O)O[C@H](COC(=O)CCCCCCCCCCCCCCCCCC(C)C)COP(=O)(O)OC[C@@H](O)COP(=O)(O)OC[C@@H](COC(=O)CCCCCCCCC)OC(=O)CCCCCCCCCCCCCCCCC. The molecule has 0 aromatic carbocycles. The number of phosphoric ester groups is 2. The zero-order chi connectivity index (χ0) is 74.1. The van der Waals surface area contributed by atoms with Gasteiger partial charge in [-0.25, -0.2) is 9.13 Å². The molecule has 0 bridgehead atoms. The number of hydrogen-bond donors (Lipinski definition) is 3. The minimum Gasteiger partial charge on any atom is -0.462 e. The Morgan fingerprint density at radius 3 is 0.673 bits per heavy atom. The van der Waals surface area contributed by atoms with Crippen molar-refractivity contribution in [2.45, 2.75) is 457 Å². The molecule has 0 heterocycles. The maximum atomic E-state index is 13.1. The molecule has 0 fully saturated rings. The van der Waals surface area contributed by atoms with E-state index in [1.807, 2.05) is 0 Å². The van der Waals surface area contributed by atoms with Crippen LogP contribution in [0.1, 0.15) is 439 Å². The summed E-state index contributed by atoms with van der Waals surface area (Å²) in [6.07, 6.45) is 66.8. The van der Waals surface area contributed by atoms with E-state index in [2.05, 4.69) is 34.6 Å². The summed E-state index contributed by atoms with van der Waals surface area (Å²) in [5.41, 5.74) is 0. The largest absolute Gasteiger partial charge is 0.472 e. The second-order valence-corrected chi connectivity index (χ2v) is 32.9. The van der Waals surface area contributed by atoms with Crippen molar-refractivity contribution in [2.24, 2.45) is 5.92 Å². The average Bonchev–Trinajstić information content (AvgIpc) is 0.963. The third-order valence-corrected chi connectivity index (χ3v) is 21.2. The Morgan fingerprint density at radius 2 is 0.455 bits per heavy atom. The molecule has 0 amide bonds. The molecule has 0 rings (SSSR count). The Kier molecular flexibility index (Phi) is 73.5. The van der Waals surface area contributed by atoms with Gasteiger partial charge in [0.25, 0.3) is 0 Å². The van der Waals surface area contributed by atoms with Crippen LogP contribution in [-0.2, 0) is 65.4 Å². The van der Waals surface area contributed by atoms with Crippen molar-refractivity contribution in [3.63, 3.8) is 0 Å². The Balaban J connectivity index is 5.17. The summed E-state index contributed by atoms with van der Waals surface area (Å²) in [5, 5.41) is 10.6. The van der Waals surface area contributed by atoms with Gasteiger partial charge in [0.05, 0.1) is 26.4 Å². The third-order valence-electron chi connectivity index (χ3n) is 19.3. The van der Waals surface area contributed by atoms with Crippen LogP contribution in [0.2, 0.25) is 0 Å². The van der Waals surface area contributed by atoms with Gasteiger partial charge in [0.1, 0.15) is 19.3 Å². The molecule has 17 nitrogen and oxygen atoms in total. The Hall–Kier alpha value is -1.94. The number of rotatable bonds is 82. The molecule has 0 radical (unpaired) electrons. The predicted molar refractivity (Wildman–Crippen MR) is 414 cm³/mol. The van der Waals surface area contributed by atoms with E-state index >= 15 is 0 Å². The lowest BCUT2D eigenvalue weighted by Gasteiger charge is -2.21. The van der Waals surface area contributed by atoms with Gasteiger partial charge < -0.3 is 33.8 Å². The molecule has 600 valence electrons. The first-order valence-corrected chi connectivity index (χ1v) is 45.6. The standard InChI is InChI=1S/C82H160O17P2/c1-6-9-12-15-18-20-22-24-26-27-28-29-30-31-35-40-44-48-53-58-63-68-82(87)99-78(72-93-80(85)66-61-56-51-46-42-38-36-32-34-37-41-45-50-54-59-64-75(4)5)74-97-101(90,91)95-70-76(83)69-94-100(88,89)96-73-77(71-92-79(84)65-60-55-49-17-14-11-8-3)98-81(86)67-62-57-52-47-43-39-33-25-23-21-19-16-13-10-7-2/h75-78,83H,6-74H2,1-5H3,(H,88,89)(H,90,91)/t76-,77+,78+/m0/s1. The summed E-state index contributed by atoms with van der Waals surface area (Å²) in [4.78, 5) is 72.9. The highest BCUT2D eigenvalue weighted by atomic mass is 31.2. The lowest BCUT2D eigenvalue weighted by atomic mass is 10.0. The normalized spacial score (nSPS) is 13.8. The van der Waals surface area contributed by atoms with E-state index in [1.165, 1.54) is 250 Å². The molecule has 5 atom stereocenters. The second kappa shape index (κ2) is 74.9. The first-order valence-electron chi connectivity index (χ1n) is 42.6. The molecule has 0 aromatic rings. The van der Waals surface area contributed by atoms with E-state index in [-0.39, 0.29) is 25.7 Å². The van der Waals surface area contributed by atoms with E-state index in [0.717, 1.165) is 109 Å². The fraction of sp³-hybridized carbons (Fsp3) is 0.951. The molecule has 0 aliphatic carbocycles. The van der Waals surface area contributed by atoms with Gasteiger partial charge in [0.15, 0.2) is 12.2 Å². The highest BCUT2D eigenvalue weighted by molar-refractivity contribution is 7.47. The fourth-order valence-electron chi connectivity index (χ4n) is 12.8. The molecule has 0 saturated carbocycles. The minimum atomic E-state index is -4.96. The van der Waals surface area contributed by atoms with Crippen LogP contribution in [0.25, 0.3) is 0 Å². The Labute approximate surface area is 619 Å². The van der Waals surface area contributed by atoms with Crippen molar-refractivity contribution in [3.8, 4) is 0 Å². The summed E-state index contributed by atoms with van der Waals surface area (Å²) in [7, 11) is -9.91. The van der Waals surface area contributed by atoms with Crippen molar-refractivity contribution >= 4 is 39.5 Å². The molecule has 0 saturated heterocycles. The van der Waals surface area contributed by atoms with Gasteiger partial charge in [0, 0.05) is 25.7 Å². The Morgan fingerprint density at radius 1 is 0.267 bits per heavy atom. The van der Waals surface area contributed by atoms with Crippen LogP contribution in [0.15, 0.2) is 0 Å². The minimum absolute atomic E-state index is 0.108. The monoisotopic (exact) mass is 1480 g/mol. The fourth-order valence-corrected chi connectivity index (χ4v) is 14.3. The van der Waals surface area contributed by atoms with Crippen LogP contribution in [0.3, 0.4) is 0 Å². The van der Waals surface area contributed by atoms with Crippen molar-refractivity contribution in [1.29, 1.82) is 0 Å².